The van der Waals surface area contributed by atoms with Gasteiger partial charge in [0.1, 0.15) is 0 Å². The van der Waals surface area contributed by atoms with Crippen molar-refractivity contribution >= 4 is 5.97 Å². The lowest BCUT2D eigenvalue weighted by Gasteiger charge is -2.42. The Morgan fingerprint density at radius 1 is 1.50 bits per heavy atom. The first kappa shape index (κ1) is 11.4. The second-order valence-electron chi connectivity index (χ2n) is 4.97. The van der Waals surface area contributed by atoms with Gasteiger partial charge in [-0.1, -0.05) is 0 Å². The van der Waals surface area contributed by atoms with Crippen LogP contribution in [0.1, 0.15) is 33.6 Å². The molecule has 1 rings (SSSR count). The first-order valence-corrected chi connectivity index (χ1v) is 4.93. The Hall–Kier alpha value is -0.640. The van der Waals surface area contributed by atoms with Gasteiger partial charge in [0.15, 0.2) is 0 Å². The van der Waals surface area contributed by atoms with Crippen LogP contribution in [-0.4, -0.2) is 40.3 Å². The average Bonchev–Trinajstić information content (AvgIpc) is 2.02. The van der Waals surface area contributed by atoms with Crippen molar-refractivity contribution in [3.8, 4) is 0 Å². The second kappa shape index (κ2) is 3.50. The first-order valence-electron chi connectivity index (χ1n) is 4.93. The van der Waals surface area contributed by atoms with Crippen LogP contribution in [0.25, 0.3) is 0 Å². The lowest BCUT2D eigenvalue weighted by molar-refractivity contribution is -0.156. The van der Waals surface area contributed by atoms with Crippen LogP contribution >= 0.6 is 0 Å². The van der Waals surface area contributed by atoms with E-state index in [0.717, 1.165) is 6.54 Å². The average molecular weight is 203 g/mol. The maximum absolute atomic E-state index is 13.8. The van der Waals surface area contributed by atoms with E-state index < -0.39 is 11.6 Å². The van der Waals surface area contributed by atoms with Crippen LogP contribution in [0.3, 0.4) is 0 Å². The number of halogens is 1. The molecule has 0 amide bonds. The van der Waals surface area contributed by atoms with Gasteiger partial charge in [0.2, 0.25) is 5.67 Å². The van der Waals surface area contributed by atoms with Crippen molar-refractivity contribution in [2.45, 2.75) is 44.8 Å². The first-order chi connectivity index (χ1) is 6.26. The minimum atomic E-state index is -2.05. The number of rotatable bonds is 1. The summed E-state index contributed by atoms with van der Waals surface area (Å²) in [5.41, 5.74) is -2.21. The largest absolute Gasteiger partial charge is 0.479 e. The van der Waals surface area contributed by atoms with Crippen LogP contribution in [0.15, 0.2) is 0 Å². The third-order valence-corrected chi connectivity index (χ3v) is 2.77. The molecule has 0 bridgehead atoms. The van der Waals surface area contributed by atoms with Gasteiger partial charge in [0.25, 0.3) is 0 Å². The fraction of sp³-hybridized carbons (Fsp3) is 0.900. The summed E-state index contributed by atoms with van der Waals surface area (Å²) in [5.74, 6) is -1.33. The smallest absolute Gasteiger partial charge is 0.342 e. The fourth-order valence-corrected chi connectivity index (χ4v) is 1.76. The molecule has 0 aromatic rings. The molecule has 1 fully saturated rings. The summed E-state index contributed by atoms with van der Waals surface area (Å²) in [6.07, 6.45) is 0.745. The van der Waals surface area contributed by atoms with Gasteiger partial charge in [-0.3, -0.25) is 4.90 Å². The van der Waals surface area contributed by atoms with Gasteiger partial charge in [-0.2, -0.15) is 0 Å². The summed E-state index contributed by atoms with van der Waals surface area (Å²) in [6, 6.07) is 0. The monoisotopic (exact) mass is 203 g/mol. The van der Waals surface area contributed by atoms with Crippen LogP contribution in [0.2, 0.25) is 0 Å². The Bertz CT molecular complexity index is 237. The summed E-state index contributed by atoms with van der Waals surface area (Å²) in [7, 11) is 0. The van der Waals surface area contributed by atoms with Crippen molar-refractivity contribution in [3.63, 3.8) is 0 Å². The number of nitrogens with zero attached hydrogens (tertiary/aromatic N) is 1. The molecule has 0 saturated carbocycles. The maximum atomic E-state index is 13.8. The highest BCUT2D eigenvalue weighted by atomic mass is 19.1. The highest BCUT2D eigenvalue weighted by molar-refractivity contribution is 5.77. The molecule has 82 valence electrons. The number of carboxylic acids is 1. The summed E-state index contributed by atoms with van der Waals surface area (Å²) in [4.78, 5) is 12.6. The number of hydrogen-bond acceptors (Lipinski definition) is 2. The normalized spacial score (nSPS) is 30.3. The van der Waals surface area contributed by atoms with E-state index >= 15 is 0 Å². The van der Waals surface area contributed by atoms with Crippen molar-refractivity contribution < 1.29 is 14.3 Å². The molecule has 14 heavy (non-hydrogen) atoms. The molecule has 1 aliphatic rings. The standard InChI is InChI=1S/C10H18FNO2/c1-9(2,3)12-6-4-5-10(11,7-12)8(13)14/h4-7H2,1-3H3,(H,13,14). The minimum Gasteiger partial charge on any atom is -0.479 e. The number of hydrogen-bond donors (Lipinski definition) is 1. The molecule has 1 atom stereocenters. The molecule has 1 saturated heterocycles. The zero-order chi connectivity index (χ0) is 11.0. The molecular weight excluding hydrogens is 185 g/mol. The van der Waals surface area contributed by atoms with Crippen LogP contribution < -0.4 is 0 Å². The van der Waals surface area contributed by atoms with E-state index in [1.165, 1.54) is 0 Å². The lowest BCUT2D eigenvalue weighted by Crippen LogP contribution is -2.55. The molecule has 1 heterocycles. The number of aliphatic carboxylic acids is 1. The van der Waals surface area contributed by atoms with Crippen LogP contribution in [0, 0.1) is 0 Å². The Morgan fingerprint density at radius 3 is 2.50 bits per heavy atom. The molecular formula is C10H18FNO2. The van der Waals surface area contributed by atoms with Crippen LogP contribution in [0.4, 0.5) is 4.39 Å². The Kier molecular flexibility index (Phi) is 2.86. The van der Waals surface area contributed by atoms with Crippen molar-refractivity contribution in [2.24, 2.45) is 0 Å². The predicted octanol–water partition coefficient (Wildman–Crippen LogP) is 1.67. The van der Waals surface area contributed by atoms with E-state index in [1.807, 2.05) is 25.7 Å². The van der Waals surface area contributed by atoms with Crippen LogP contribution in [-0.2, 0) is 4.79 Å². The van der Waals surface area contributed by atoms with Gasteiger partial charge in [0.05, 0.1) is 0 Å². The van der Waals surface area contributed by atoms with Gasteiger partial charge >= 0.3 is 5.97 Å². The zero-order valence-electron chi connectivity index (χ0n) is 9.01. The number of piperidine rings is 1. The SMILES string of the molecule is CC(C)(C)N1CCCC(F)(C(=O)O)C1. The topological polar surface area (TPSA) is 40.5 Å². The van der Waals surface area contributed by atoms with Crippen LogP contribution in [0.5, 0.6) is 0 Å². The Labute approximate surface area is 83.9 Å². The van der Waals surface area contributed by atoms with Gasteiger partial charge in [0, 0.05) is 12.1 Å². The maximum Gasteiger partial charge on any atom is 0.342 e. The number of carbonyl (C=O) groups is 1. The van der Waals surface area contributed by atoms with Gasteiger partial charge in [-0.15, -0.1) is 0 Å². The highest BCUT2D eigenvalue weighted by Crippen LogP contribution is 2.29. The molecule has 4 heteroatoms. The predicted molar refractivity (Wildman–Crippen MR) is 52.0 cm³/mol. The second-order valence-corrected chi connectivity index (χ2v) is 4.97. The van der Waals surface area contributed by atoms with E-state index in [4.69, 9.17) is 5.11 Å². The van der Waals surface area contributed by atoms with E-state index in [9.17, 15) is 9.18 Å². The number of carboxylic acid groups (broad SMARTS) is 1. The van der Waals surface area contributed by atoms with Gasteiger partial charge < -0.3 is 5.11 Å². The highest BCUT2D eigenvalue weighted by Gasteiger charge is 2.44. The fourth-order valence-electron chi connectivity index (χ4n) is 1.76. The zero-order valence-corrected chi connectivity index (χ0v) is 9.01. The molecule has 0 spiro atoms. The molecule has 1 N–H and O–H groups in total. The summed E-state index contributed by atoms with van der Waals surface area (Å²) >= 11 is 0. The Morgan fingerprint density at radius 2 is 2.07 bits per heavy atom. The number of likely N-dealkylation sites (tertiary alicyclic amines) is 1. The molecule has 3 nitrogen and oxygen atoms in total. The number of alkyl halides is 1. The van der Waals surface area contributed by atoms with E-state index in [2.05, 4.69) is 0 Å². The molecule has 0 aliphatic carbocycles. The van der Waals surface area contributed by atoms with Crippen molar-refractivity contribution in [1.82, 2.24) is 4.90 Å². The third kappa shape index (κ3) is 2.23. The lowest BCUT2D eigenvalue weighted by atomic mass is 9.91. The van der Waals surface area contributed by atoms with Crippen molar-refractivity contribution in [3.05, 3.63) is 0 Å². The van der Waals surface area contributed by atoms with Crippen molar-refractivity contribution in [2.75, 3.05) is 13.1 Å². The quantitative estimate of drug-likeness (QED) is 0.704. The summed E-state index contributed by atoms with van der Waals surface area (Å²) in [5, 5.41) is 8.78. The van der Waals surface area contributed by atoms with E-state index in [0.29, 0.717) is 6.42 Å². The third-order valence-electron chi connectivity index (χ3n) is 2.77. The van der Waals surface area contributed by atoms with E-state index in [-0.39, 0.29) is 18.5 Å². The van der Waals surface area contributed by atoms with Gasteiger partial charge in [-0.05, 0) is 40.2 Å². The molecule has 0 radical (unpaired) electrons. The summed E-state index contributed by atoms with van der Waals surface area (Å²) in [6.45, 7) is 6.70. The Balaban J connectivity index is 2.74. The van der Waals surface area contributed by atoms with E-state index in [1.54, 1.807) is 0 Å². The summed E-state index contributed by atoms with van der Waals surface area (Å²) < 4.78 is 13.8. The minimum absolute atomic E-state index is 0.00579. The molecule has 0 aromatic heterocycles. The van der Waals surface area contributed by atoms with Gasteiger partial charge in [-0.25, -0.2) is 9.18 Å². The van der Waals surface area contributed by atoms with Crippen molar-refractivity contribution in [1.29, 1.82) is 0 Å². The molecule has 1 aliphatic heterocycles. The molecule has 0 aromatic carbocycles. The molecule has 1 unspecified atom stereocenters.